The van der Waals surface area contributed by atoms with Gasteiger partial charge in [-0.25, -0.2) is 4.98 Å². The fourth-order valence-electron chi connectivity index (χ4n) is 1.47. The normalized spacial score (nSPS) is 10.2. The molecule has 17 heavy (non-hydrogen) atoms. The van der Waals surface area contributed by atoms with Crippen LogP contribution in [-0.2, 0) is 13.1 Å². The minimum Gasteiger partial charge on any atom is -0.353 e. The molecule has 2 heterocycles. The minimum atomic E-state index is 0.414. The topological polar surface area (TPSA) is 67.9 Å². The van der Waals surface area contributed by atoms with Gasteiger partial charge in [-0.1, -0.05) is 6.07 Å². The molecule has 2 aromatic heterocycles. The number of hydrogen-bond donors (Lipinski definition) is 1. The van der Waals surface area contributed by atoms with Crippen molar-refractivity contribution in [3.63, 3.8) is 0 Å². The summed E-state index contributed by atoms with van der Waals surface area (Å²) in [6.45, 7) is 1.12. The van der Waals surface area contributed by atoms with Gasteiger partial charge >= 0.3 is 0 Å². The van der Waals surface area contributed by atoms with Gasteiger partial charge in [0.1, 0.15) is 5.82 Å². The first-order chi connectivity index (χ1) is 8.29. The summed E-state index contributed by atoms with van der Waals surface area (Å²) in [7, 11) is 1.96. The van der Waals surface area contributed by atoms with Crippen LogP contribution >= 0.6 is 0 Å². The third-order valence-corrected chi connectivity index (χ3v) is 2.42. The van der Waals surface area contributed by atoms with Crippen molar-refractivity contribution in [2.24, 2.45) is 5.73 Å². The molecule has 0 aliphatic heterocycles. The number of nitrogens with zero attached hydrogens (tertiary/aromatic N) is 4. The van der Waals surface area contributed by atoms with Crippen LogP contribution in [-0.4, -0.2) is 22.0 Å². The van der Waals surface area contributed by atoms with E-state index in [1.165, 1.54) is 0 Å². The van der Waals surface area contributed by atoms with Crippen molar-refractivity contribution in [1.29, 1.82) is 0 Å². The fourth-order valence-corrected chi connectivity index (χ4v) is 1.47. The van der Waals surface area contributed by atoms with Crippen LogP contribution in [0.3, 0.4) is 0 Å². The molecule has 0 unspecified atom stereocenters. The Kier molecular flexibility index (Phi) is 3.62. The van der Waals surface area contributed by atoms with Gasteiger partial charge in [0, 0.05) is 19.8 Å². The van der Waals surface area contributed by atoms with Crippen LogP contribution in [0.5, 0.6) is 0 Å². The molecule has 2 rings (SSSR count). The molecule has 0 radical (unpaired) electrons. The summed E-state index contributed by atoms with van der Waals surface area (Å²) in [6, 6.07) is 5.86. The van der Waals surface area contributed by atoms with Crippen molar-refractivity contribution in [2.75, 3.05) is 11.9 Å². The Morgan fingerprint density at radius 3 is 2.59 bits per heavy atom. The first-order valence-electron chi connectivity index (χ1n) is 5.41. The lowest BCUT2D eigenvalue weighted by Gasteiger charge is -2.17. The Hall–Kier alpha value is -2.01. The van der Waals surface area contributed by atoms with Gasteiger partial charge < -0.3 is 10.6 Å². The second kappa shape index (κ2) is 5.36. The van der Waals surface area contributed by atoms with E-state index in [0.717, 1.165) is 17.2 Å². The van der Waals surface area contributed by atoms with Gasteiger partial charge in [-0.05, 0) is 12.1 Å². The highest BCUT2D eigenvalue weighted by atomic mass is 15.2. The molecule has 2 N–H and O–H groups in total. The van der Waals surface area contributed by atoms with Gasteiger partial charge in [0.25, 0.3) is 0 Å². The lowest BCUT2D eigenvalue weighted by Crippen LogP contribution is -2.19. The summed E-state index contributed by atoms with van der Waals surface area (Å²) in [5.41, 5.74) is 7.26. The van der Waals surface area contributed by atoms with E-state index in [4.69, 9.17) is 5.73 Å². The first-order valence-corrected chi connectivity index (χ1v) is 5.41. The zero-order chi connectivity index (χ0) is 12.1. The predicted octanol–water partition coefficient (Wildman–Crippen LogP) is 0.967. The number of rotatable bonds is 4. The molecule has 0 fully saturated rings. The van der Waals surface area contributed by atoms with Crippen LogP contribution in [0.1, 0.15) is 11.4 Å². The standard InChI is InChI=1S/C12H15N5/c1-17(9-10-4-2-3-5-14-10)12-8-15-11(6-13)7-16-12/h2-5,7-8H,6,9,13H2,1H3. The average molecular weight is 229 g/mol. The number of aromatic nitrogens is 3. The number of anilines is 1. The van der Waals surface area contributed by atoms with E-state index in [1.54, 1.807) is 18.6 Å². The smallest absolute Gasteiger partial charge is 0.147 e. The number of pyridine rings is 1. The van der Waals surface area contributed by atoms with Crippen molar-refractivity contribution < 1.29 is 0 Å². The summed E-state index contributed by atoms with van der Waals surface area (Å²) in [5, 5.41) is 0. The van der Waals surface area contributed by atoms with E-state index in [9.17, 15) is 0 Å². The molecule has 0 aromatic carbocycles. The molecule has 0 saturated carbocycles. The molecule has 88 valence electrons. The lowest BCUT2D eigenvalue weighted by molar-refractivity contribution is 0.850. The monoisotopic (exact) mass is 229 g/mol. The summed E-state index contributed by atoms with van der Waals surface area (Å²) >= 11 is 0. The van der Waals surface area contributed by atoms with Crippen LogP contribution < -0.4 is 10.6 Å². The average Bonchev–Trinajstić information content (AvgIpc) is 2.40. The molecule has 0 spiro atoms. The highest BCUT2D eigenvalue weighted by molar-refractivity contribution is 5.35. The predicted molar refractivity (Wildman–Crippen MR) is 66.3 cm³/mol. The molecule has 5 nitrogen and oxygen atoms in total. The zero-order valence-corrected chi connectivity index (χ0v) is 9.74. The highest BCUT2D eigenvalue weighted by Crippen LogP contribution is 2.09. The molecular formula is C12H15N5. The molecule has 0 aliphatic carbocycles. The van der Waals surface area contributed by atoms with Crippen LogP contribution in [0.25, 0.3) is 0 Å². The second-order valence-electron chi connectivity index (χ2n) is 3.75. The van der Waals surface area contributed by atoms with Gasteiger partial charge in [-0.3, -0.25) is 9.97 Å². The maximum absolute atomic E-state index is 5.47. The Bertz CT molecular complexity index is 454. The van der Waals surface area contributed by atoms with Crippen molar-refractivity contribution in [3.8, 4) is 0 Å². The van der Waals surface area contributed by atoms with Crippen molar-refractivity contribution in [1.82, 2.24) is 15.0 Å². The maximum atomic E-state index is 5.47. The third-order valence-electron chi connectivity index (χ3n) is 2.42. The zero-order valence-electron chi connectivity index (χ0n) is 9.74. The summed E-state index contributed by atoms with van der Waals surface area (Å²) in [5.74, 6) is 0.813. The molecule has 0 bridgehead atoms. The Morgan fingerprint density at radius 1 is 1.12 bits per heavy atom. The molecule has 5 heteroatoms. The Morgan fingerprint density at radius 2 is 2.00 bits per heavy atom. The van der Waals surface area contributed by atoms with Crippen LogP contribution in [0.4, 0.5) is 5.82 Å². The fraction of sp³-hybridized carbons (Fsp3) is 0.250. The van der Waals surface area contributed by atoms with Crippen molar-refractivity contribution in [2.45, 2.75) is 13.1 Å². The van der Waals surface area contributed by atoms with Crippen molar-refractivity contribution in [3.05, 3.63) is 48.2 Å². The van der Waals surface area contributed by atoms with Gasteiger partial charge in [-0.2, -0.15) is 0 Å². The Balaban J connectivity index is 2.06. The van der Waals surface area contributed by atoms with Crippen molar-refractivity contribution >= 4 is 5.82 Å². The van der Waals surface area contributed by atoms with E-state index in [2.05, 4.69) is 15.0 Å². The molecule has 2 aromatic rings. The number of nitrogens with two attached hydrogens (primary N) is 1. The SMILES string of the molecule is CN(Cc1ccccn1)c1cnc(CN)cn1. The first kappa shape index (κ1) is 11.5. The molecule has 0 amide bonds. The highest BCUT2D eigenvalue weighted by Gasteiger charge is 2.04. The number of hydrogen-bond acceptors (Lipinski definition) is 5. The summed E-state index contributed by atoms with van der Waals surface area (Å²) in [6.07, 6.45) is 5.21. The van der Waals surface area contributed by atoms with E-state index in [0.29, 0.717) is 13.1 Å². The van der Waals surface area contributed by atoms with E-state index in [1.807, 2.05) is 30.1 Å². The van der Waals surface area contributed by atoms with Gasteiger partial charge in [0.15, 0.2) is 0 Å². The largest absolute Gasteiger partial charge is 0.353 e. The summed E-state index contributed by atoms with van der Waals surface area (Å²) in [4.78, 5) is 14.8. The summed E-state index contributed by atoms with van der Waals surface area (Å²) < 4.78 is 0. The van der Waals surface area contributed by atoms with Crippen LogP contribution in [0, 0.1) is 0 Å². The molecular weight excluding hydrogens is 214 g/mol. The molecule has 0 atom stereocenters. The van der Waals surface area contributed by atoms with E-state index >= 15 is 0 Å². The Labute approximate surface area is 100 Å². The third kappa shape index (κ3) is 2.98. The lowest BCUT2D eigenvalue weighted by atomic mass is 10.3. The molecule has 0 aliphatic rings. The maximum Gasteiger partial charge on any atom is 0.147 e. The van der Waals surface area contributed by atoms with Gasteiger partial charge in [0.05, 0.1) is 30.3 Å². The van der Waals surface area contributed by atoms with Crippen LogP contribution in [0.2, 0.25) is 0 Å². The van der Waals surface area contributed by atoms with E-state index in [-0.39, 0.29) is 0 Å². The quantitative estimate of drug-likeness (QED) is 0.846. The van der Waals surface area contributed by atoms with E-state index < -0.39 is 0 Å². The minimum absolute atomic E-state index is 0.414. The van der Waals surface area contributed by atoms with Crippen LogP contribution in [0.15, 0.2) is 36.8 Å². The van der Waals surface area contributed by atoms with Gasteiger partial charge in [0.2, 0.25) is 0 Å². The molecule has 0 saturated heterocycles. The second-order valence-corrected chi connectivity index (χ2v) is 3.75. The van der Waals surface area contributed by atoms with Gasteiger partial charge in [-0.15, -0.1) is 0 Å².